The first kappa shape index (κ1) is 16.1. The van der Waals surface area contributed by atoms with E-state index in [0.29, 0.717) is 25.2 Å². The van der Waals surface area contributed by atoms with Crippen LogP contribution in [0.15, 0.2) is 18.2 Å². The number of nitrogens with zero attached hydrogens (tertiary/aromatic N) is 2. The van der Waals surface area contributed by atoms with E-state index >= 15 is 0 Å². The van der Waals surface area contributed by atoms with Crippen molar-refractivity contribution in [3.8, 4) is 5.75 Å². The van der Waals surface area contributed by atoms with Crippen LogP contribution in [0.25, 0.3) is 0 Å². The predicted octanol–water partition coefficient (Wildman–Crippen LogP) is 1.57. The zero-order valence-electron chi connectivity index (χ0n) is 12.3. The zero-order valence-corrected chi connectivity index (χ0v) is 13.1. The first-order chi connectivity index (χ1) is 9.76. The summed E-state index contributed by atoms with van der Waals surface area (Å²) < 4.78 is 0. The summed E-state index contributed by atoms with van der Waals surface area (Å²) in [6.45, 7) is 6.87. The first-order valence-electron chi connectivity index (χ1n) is 6.99. The third-order valence-corrected chi connectivity index (χ3v) is 3.77. The van der Waals surface area contributed by atoms with Crippen LogP contribution in [0, 0.1) is 0 Å². The highest BCUT2D eigenvalue weighted by atomic mass is 35.5. The average Bonchev–Trinajstić information content (AvgIpc) is 2.40. The van der Waals surface area contributed by atoms with Gasteiger partial charge in [-0.05, 0) is 32.0 Å². The standard InChI is InChI=1S/C15H21ClN2O3/c1-15(2,21)10-17-5-7-18(8-6-17)14(20)11-3-4-13(19)12(16)9-11/h3-4,9,19,21H,5-8,10H2,1-2H3. The molecule has 0 spiro atoms. The fraction of sp³-hybridized carbons (Fsp3) is 0.533. The van der Waals surface area contributed by atoms with Gasteiger partial charge in [0.05, 0.1) is 10.6 Å². The molecule has 0 unspecified atom stereocenters. The molecule has 1 saturated heterocycles. The summed E-state index contributed by atoms with van der Waals surface area (Å²) in [5.41, 5.74) is -0.245. The summed E-state index contributed by atoms with van der Waals surface area (Å²) in [4.78, 5) is 16.3. The van der Waals surface area contributed by atoms with Crippen LogP contribution in [0.4, 0.5) is 0 Å². The van der Waals surface area contributed by atoms with E-state index < -0.39 is 5.60 Å². The molecule has 2 N–H and O–H groups in total. The number of amides is 1. The second-order valence-electron chi connectivity index (χ2n) is 6.05. The third-order valence-electron chi connectivity index (χ3n) is 3.46. The summed E-state index contributed by atoms with van der Waals surface area (Å²) in [6.07, 6.45) is 0. The number of hydrogen-bond acceptors (Lipinski definition) is 4. The number of hydrogen-bond donors (Lipinski definition) is 2. The Hall–Kier alpha value is -1.30. The Balaban J connectivity index is 1.95. The molecule has 116 valence electrons. The van der Waals surface area contributed by atoms with E-state index in [1.54, 1.807) is 24.8 Å². The van der Waals surface area contributed by atoms with Crippen molar-refractivity contribution < 1.29 is 15.0 Å². The lowest BCUT2D eigenvalue weighted by molar-refractivity contribution is 0.0178. The van der Waals surface area contributed by atoms with Gasteiger partial charge in [0, 0.05) is 38.3 Å². The number of phenolic OH excluding ortho intramolecular Hbond substituents is 1. The maximum atomic E-state index is 12.4. The quantitative estimate of drug-likeness (QED) is 0.889. The largest absolute Gasteiger partial charge is 0.506 e. The fourth-order valence-electron chi connectivity index (χ4n) is 2.48. The van der Waals surface area contributed by atoms with Crippen molar-refractivity contribution in [1.82, 2.24) is 9.80 Å². The van der Waals surface area contributed by atoms with Crippen LogP contribution in [0.2, 0.25) is 5.02 Å². The van der Waals surface area contributed by atoms with E-state index in [1.165, 1.54) is 12.1 Å². The van der Waals surface area contributed by atoms with E-state index in [1.807, 2.05) is 0 Å². The number of β-amino-alcohol motifs (C(OH)–C–C–N with tert-alkyl or cyclic N) is 1. The number of carbonyl (C=O) groups is 1. The van der Waals surface area contributed by atoms with Crippen molar-refractivity contribution in [3.05, 3.63) is 28.8 Å². The second kappa shape index (κ2) is 6.22. The van der Waals surface area contributed by atoms with Gasteiger partial charge in [-0.1, -0.05) is 11.6 Å². The first-order valence-corrected chi connectivity index (χ1v) is 7.36. The van der Waals surface area contributed by atoms with Gasteiger partial charge in [-0.15, -0.1) is 0 Å². The lowest BCUT2D eigenvalue weighted by Crippen LogP contribution is -2.51. The lowest BCUT2D eigenvalue weighted by atomic mass is 10.1. The molecule has 21 heavy (non-hydrogen) atoms. The summed E-state index contributed by atoms with van der Waals surface area (Å²) in [6, 6.07) is 4.50. The normalized spacial score (nSPS) is 17.0. The van der Waals surface area contributed by atoms with E-state index in [0.717, 1.165) is 13.1 Å². The molecule has 6 heteroatoms. The van der Waals surface area contributed by atoms with E-state index in [9.17, 15) is 15.0 Å². The fourth-order valence-corrected chi connectivity index (χ4v) is 2.66. The third kappa shape index (κ3) is 4.33. The highest BCUT2D eigenvalue weighted by Gasteiger charge is 2.25. The monoisotopic (exact) mass is 312 g/mol. The second-order valence-corrected chi connectivity index (χ2v) is 6.45. The minimum atomic E-state index is -0.726. The van der Waals surface area contributed by atoms with Crippen LogP contribution in [-0.2, 0) is 0 Å². The Kier molecular flexibility index (Phi) is 4.76. The molecule has 0 aromatic heterocycles. The van der Waals surface area contributed by atoms with Gasteiger partial charge in [-0.3, -0.25) is 9.69 Å². The van der Waals surface area contributed by atoms with Gasteiger partial charge in [-0.2, -0.15) is 0 Å². The molecule has 2 rings (SSSR count). The van der Waals surface area contributed by atoms with Crippen molar-refractivity contribution in [2.75, 3.05) is 32.7 Å². The van der Waals surface area contributed by atoms with Crippen molar-refractivity contribution in [1.29, 1.82) is 0 Å². The van der Waals surface area contributed by atoms with Crippen LogP contribution < -0.4 is 0 Å². The Bertz CT molecular complexity index is 520. The number of aromatic hydroxyl groups is 1. The van der Waals surface area contributed by atoms with E-state index in [-0.39, 0.29) is 16.7 Å². The lowest BCUT2D eigenvalue weighted by Gasteiger charge is -2.37. The Morgan fingerprint density at radius 2 is 1.90 bits per heavy atom. The number of halogens is 1. The van der Waals surface area contributed by atoms with Gasteiger partial charge in [0.25, 0.3) is 5.91 Å². The molecule has 0 saturated carbocycles. The van der Waals surface area contributed by atoms with Gasteiger partial charge in [-0.25, -0.2) is 0 Å². The summed E-state index contributed by atoms with van der Waals surface area (Å²) in [5, 5.41) is 19.4. The minimum Gasteiger partial charge on any atom is -0.506 e. The number of phenols is 1. The molecule has 1 fully saturated rings. The number of piperazine rings is 1. The van der Waals surface area contributed by atoms with Crippen LogP contribution in [0.3, 0.4) is 0 Å². The van der Waals surface area contributed by atoms with Crippen LogP contribution >= 0.6 is 11.6 Å². The maximum absolute atomic E-state index is 12.4. The molecular formula is C15H21ClN2O3. The molecule has 1 aliphatic heterocycles. The van der Waals surface area contributed by atoms with E-state index in [2.05, 4.69) is 4.90 Å². The van der Waals surface area contributed by atoms with Gasteiger partial charge < -0.3 is 15.1 Å². The highest BCUT2D eigenvalue weighted by molar-refractivity contribution is 6.32. The number of carbonyl (C=O) groups excluding carboxylic acids is 1. The number of rotatable bonds is 3. The summed E-state index contributed by atoms with van der Waals surface area (Å²) in [7, 11) is 0. The Morgan fingerprint density at radius 1 is 1.29 bits per heavy atom. The SMILES string of the molecule is CC(C)(O)CN1CCN(C(=O)c2ccc(O)c(Cl)c2)CC1. The molecule has 0 bridgehead atoms. The minimum absolute atomic E-state index is 0.0248. The van der Waals surface area contributed by atoms with Crippen molar-refractivity contribution in [2.45, 2.75) is 19.4 Å². The smallest absolute Gasteiger partial charge is 0.253 e. The summed E-state index contributed by atoms with van der Waals surface area (Å²) >= 11 is 5.84. The predicted molar refractivity (Wildman–Crippen MR) is 81.8 cm³/mol. The molecule has 5 nitrogen and oxygen atoms in total. The number of benzene rings is 1. The molecule has 0 atom stereocenters. The van der Waals surface area contributed by atoms with Crippen LogP contribution in [0.5, 0.6) is 5.75 Å². The van der Waals surface area contributed by atoms with Gasteiger partial charge in [0.2, 0.25) is 0 Å². The molecule has 1 aromatic carbocycles. The topological polar surface area (TPSA) is 64.0 Å². The molecule has 1 aromatic rings. The van der Waals surface area contributed by atoms with Crippen LogP contribution in [0.1, 0.15) is 24.2 Å². The highest BCUT2D eigenvalue weighted by Crippen LogP contribution is 2.24. The van der Waals surface area contributed by atoms with Gasteiger partial charge in [0.15, 0.2) is 0 Å². The maximum Gasteiger partial charge on any atom is 0.253 e. The molecule has 1 heterocycles. The number of aliphatic hydroxyl groups is 1. The van der Waals surface area contributed by atoms with E-state index in [4.69, 9.17) is 11.6 Å². The Morgan fingerprint density at radius 3 is 2.43 bits per heavy atom. The molecule has 1 amide bonds. The summed E-state index contributed by atoms with van der Waals surface area (Å²) in [5.74, 6) is -0.108. The van der Waals surface area contributed by atoms with Gasteiger partial charge >= 0.3 is 0 Å². The van der Waals surface area contributed by atoms with Gasteiger partial charge in [0.1, 0.15) is 5.75 Å². The zero-order chi connectivity index (χ0) is 15.6. The van der Waals surface area contributed by atoms with Crippen LogP contribution in [-0.4, -0.2) is 64.2 Å². The molecular weight excluding hydrogens is 292 g/mol. The molecule has 0 aliphatic carbocycles. The Labute approximate surface area is 129 Å². The molecule has 0 radical (unpaired) electrons. The average molecular weight is 313 g/mol. The molecule has 1 aliphatic rings. The van der Waals surface area contributed by atoms with Crippen molar-refractivity contribution in [3.63, 3.8) is 0 Å². The van der Waals surface area contributed by atoms with Crippen molar-refractivity contribution >= 4 is 17.5 Å². The van der Waals surface area contributed by atoms with Crippen molar-refractivity contribution in [2.24, 2.45) is 0 Å².